The third kappa shape index (κ3) is 2.34. The van der Waals surface area contributed by atoms with Gasteiger partial charge in [0.05, 0.1) is 6.04 Å². The number of ether oxygens (including phenoxy) is 2. The van der Waals surface area contributed by atoms with Gasteiger partial charge in [-0.25, -0.2) is 4.39 Å². The average Bonchev–Trinajstić information content (AvgIpc) is 2.85. The second-order valence-electron chi connectivity index (χ2n) is 4.64. The standard InChI is InChI=1S/C15H14FNO3/c1-9(12-4-3-11(18)7-13(12)16)17-10-2-5-14-15(6-10)20-8-19-14/h2-7,9,17-18H,8H2,1H3. The summed E-state index contributed by atoms with van der Waals surface area (Å²) in [6.07, 6.45) is 0. The van der Waals surface area contributed by atoms with Gasteiger partial charge >= 0.3 is 0 Å². The van der Waals surface area contributed by atoms with Gasteiger partial charge in [0.1, 0.15) is 11.6 Å². The molecule has 0 amide bonds. The van der Waals surface area contributed by atoms with Crippen LogP contribution in [0.4, 0.5) is 10.1 Å². The normalized spacial score (nSPS) is 14.1. The highest BCUT2D eigenvalue weighted by Crippen LogP contribution is 2.35. The third-order valence-electron chi connectivity index (χ3n) is 3.21. The lowest BCUT2D eigenvalue weighted by molar-refractivity contribution is 0.174. The van der Waals surface area contributed by atoms with Crippen LogP contribution < -0.4 is 14.8 Å². The van der Waals surface area contributed by atoms with Crippen LogP contribution in [0.3, 0.4) is 0 Å². The first kappa shape index (κ1) is 12.6. The monoisotopic (exact) mass is 275 g/mol. The van der Waals surface area contributed by atoms with Crippen LogP contribution in [0, 0.1) is 5.82 Å². The van der Waals surface area contributed by atoms with E-state index in [1.54, 1.807) is 6.07 Å². The lowest BCUT2D eigenvalue weighted by Gasteiger charge is -2.16. The zero-order valence-corrected chi connectivity index (χ0v) is 10.9. The fourth-order valence-electron chi connectivity index (χ4n) is 2.18. The number of phenols is 1. The van der Waals surface area contributed by atoms with Crippen molar-refractivity contribution in [2.75, 3.05) is 12.1 Å². The Balaban J connectivity index is 1.80. The van der Waals surface area contributed by atoms with Gasteiger partial charge in [-0.1, -0.05) is 6.07 Å². The van der Waals surface area contributed by atoms with E-state index in [4.69, 9.17) is 9.47 Å². The minimum atomic E-state index is -0.439. The van der Waals surface area contributed by atoms with Gasteiger partial charge < -0.3 is 19.9 Å². The zero-order valence-electron chi connectivity index (χ0n) is 10.9. The van der Waals surface area contributed by atoms with Crippen molar-refractivity contribution in [1.29, 1.82) is 0 Å². The molecule has 2 N–H and O–H groups in total. The zero-order chi connectivity index (χ0) is 14.1. The molecular formula is C15H14FNO3. The Labute approximate surface area is 115 Å². The minimum absolute atomic E-state index is 0.0819. The van der Waals surface area contributed by atoms with Gasteiger partial charge in [-0.05, 0) is 25.1 Å². The van der Waals surface area contributed by atoms with Crippen molar-refractivity contribution in [3.63, 3.8) is 0 Å². The molecule has 1 unspecified atom stereocenters. The topological polar surface area (TPSA) is 50.7 Å². The molecule has 1 aliphatic heterocycles. The van der Waals surface area contributed by atoms with Gasteiger partial charge in [0, 0.05) is 23.4 Å². The molecule has 0 radical (unpaired) electrons. The third-order valence-corrected chi connectivity index (χ3v) is 3.21. The summed E-state index contributed by atoms with van der Waals surface area (Å²) in [6, 6.07) is 9.37. The molecular weight excluding hydrogens is 261 g/mol. The molecule has 0 aromatic heterocycles. The number of aromatic hydroxyl groups is 1. The highest BCUT2D eigenvalue weighted by molar-refractivity contribution is 5.56. The molecule has 5 heteroatoms. The predicted octanol–water partition coefficient (Wildman–Crippen LogP) is 3.43. The molecule has 2 aromatic rings. The molecule has 2 aromatic carbocycles. The number of rotatable bonds is 3. The van der Waals surface area contributed by atoms with Crippen LogP contribution in [-0.4, -0.2) is 11.9 Å². The second kappa shape index (κ2) is 4.92. The Hall–Kier alpha value is -2.43. The van der Waals surface area contributed by atoms with E-state index in [9.17, 15) is 9.50 Å². The number of phenolic OH excluding ortho intramolecular Hbond substituents is 1. The first-order chi connectivity index (χ1) is 9.63. The van der Waals surface area contributed by atoms with Crippen LogP contribution >= 0.6 is 0 Å². The maximum absolute atomic E-state index is 13.8. The van der Waals surface area contributed by atoms with Gasteiger partial charge in [-0.3, -0.25) is 0 Å². The van der Waals surface area contributed by atoms with E-state index < -0.39 is 5.82 Å². The Bertz CT molecular complexity index is 645. The van der Waals surface area contributed by atoms with Gasteiger partial charge in [0.15, 0.2) is 11.5 Å². The van der Waals surface area contributed by atoms with Crippen LogP contribution in [0.1, 0.15) is 18.5 Å². The van der Waals surface area contributed by atoms with Gasteiger partial charge in [-0.15, -0.1) is 0 Å². The minimum Gasteiger partial charge on any atom is -0.508 e. The maximum Gasteiger partial charge on any atom is 0.231 e. The van der Waals surface area contributed by atoms with E-state index in [0.29, 0.717) is 17.1 Å². The van der Waals surface area contributed by atoms with Crippen molar-refractivity contribution in [2.45, 2.75) is 13.0 Å². The fraction of sp³-hybridized carbons (Fsp3) is 0.200. The Morgan fingerprint density at radius 1 is 1.15 bits per heavy atom. The van der Waals surface area contributed by atoms with Crippen LogP contribution in [0.5, 0.6) is 17.2 Å². The molecule has 1 atom stereocenters. The van der Waals surface area contributed by atoms with Gasteiger partial charge in [0.25, 0.3) is 0 Å². The number of fused-ring (bicyclic) bond motifs is 1. The molecule has 4 nitrogen and oxygen atoms in total. The number of nitrogens with one attached hydrogen (secondary N) is 1. The molecule has 1 aliphatic rings. The number of hydrogen-bond donors (Lipinski definition) is 2. The summed E-state index contributed by atoms with van der Waals surface area (Å²) in [5.41, 5.74) is 1.30. The van der Waals surface area contributed by atoms with Crippen LogP contribution in [0.2, 0.25) is 0 Å². The first-order valence-corrected chi connectivity index (χ1v) is 6.28. The highest BCUT2D eigenvalue weighted by Gasteiger charge is 2.15. The van der Waals surface area contributed by atoms with Crippen molar-refractivity contribution >= 4 is 5.69 Å². The first-order valence-electron chi connectivity index (χ1n) is 6.28. The molecule has 0 aliphatic carbocycles. The number of benzene rings is 2. The van der Waals surface area contributed by atoms with E-state index in [1.807, 2.05) is 25.1 Å². The molecule has 1 heterocycles. The highest BCUT2D eigenvalue weighted by atomic mass is 19.1. The maximum atomic E-state index is 13.8. The van der Waals surface area contributed by atoms with Crippen LogP contribution in [0.15, 0.2) is 36.4 Å². The van der Waals surface area contributed by atoms with Gasteiger partial charge in [-0.2, -0.15) is 0 Å². The molecule has 3 rings (SSSR count). The number of hydrogen-bond acceptors (Lipinski definition) is 4. The summed E-state index contributed by atoms with van der Waals surface area (Å²) < 4.78 is 24.3. The predicted molar refractivity (Wildman–Crippen MR) is 72.7 cm³/mol. The van der Waals surface area contributed by atoms with Crippen LogP contribution in [0.25, 0.3) is 0 Å². The molecule has 0 saturated heterocycles. The molecule has 0 fully saturated rings. The molecule has 20 heavy (non-hydrogen) atoms. The number of halogens is 1. The quantitative estimate of drug-likeness (QED) is 0.901. The number of anilines is 1. The van der Waals surface area contributed by atoms with Crippen molar-refractivity contribution < 1.29 is 19.0 Å². The van der Waals surface area contributed by atoms with Crippen molar-refractivity contribution in [2.24, 2.45) is 0 Å². The van der Waals surface area contributed by atoms with Crippen molar-refractivity contribution in [3.05, 3.63) is 47.8 Å². The molecule has 0 saturated carbocycles. The lowest BCUT2D eigenvalue weighted by Crippen LogP contribution is -2.08. The summed E-state index contributed by atoms with van der Waals surface area (Å²) in [4.78, 5) is 0. The summed E-state index contributed by atoms with van der Waals surface area (Å²) in [5, 5.41) is 12.4. The summed E-state index contributed by atoms with van der Waals surface area (Å²) in [5.74, 6) is 0.861. The summed E-state index contributed by atoms with van der Waals surface area (Å²) in [6.45, 7) is 2.07. The molecule has 0 spiro atoms. The molecule has 104 valence electrons. The Kier molecular flexibility index (Phi) is 3.10. The van der Waals surface area contributed by atoms with Crippen molar-refractivity contribution in [3.8, 4) is 17.2 Å². The van der Waals surface area contributed by atoms with E-state index in [-0.39, 0.29) is 18.6 Å². The van der Waals surface area contributed by atoms with E-state index in [1.165, 1.54) is 6.07 Å². The van der Waals surface area contributed by atoms with E-state index in [0.717, 1.165) is 11.8 Å². The summed E-state index contributed by atoms with van der Waals surface area (Å²) >= 11 is 0. The van der Waals surface area contributed by atoms with E-state index in [2.05, 4.69) is 5.32 Å². The van der Waals surface area contributed by atoms with Crippen molar-refractivity contribution in [1.82, 2.24) is 0 Å². The average molecular weight is 275 g/mol. The largest absolute Gasteiger partial charge is 0.508 e. The van der Waals surface area contributed by atoms with E-state index >= 15 is 0 Å². The Morgan fingerprint density at radius 3 is 2.75 bits per heavy atom. The SMILES string of the molecule is CC(Nc1ccc2c(c1)OCO2)c1ccc(O)cc1F. The molecule has 0 bridgehead atoms. The fourth-order valence-corrected chi connectivity index (χ4v) is 2.18. The lowest BCUT2D eigenvalue weighted by atomic mass is 10.1. The second-order valence-corrected chi connectivity index (χ2v) is 4.64. The van der Waals surface area contributed by atoms with Crippen LogP contribution in [-0.2, 0) is 0 Å². The smallest absolute Gasteiger partial charge is 0.231 e. The Morgan fingerprint density at radius 2 is 1.95 bits per heavy atom. The summed E-state index contributed by atoms with van der Waals surface area (Å²) in [7, 11) is 0. The van der Waals surface area contributed by atoms with Gasteiger partial charge in [0.2, 0.25) is 6.79 Å².